The fourth-order valence-electron chi connectivity index (χ4n) is 4.87. The standard InChI is InChI=1S/C32H49N5O6S/c1-6-14-36(15-7-2)32(41)26-19-25(20-27(21-26)44(33,42)43)31(40)34-28(18-24-12-10-9-11-13-24)29(38)22-37(16-8-3)35-30(39)17-23(4)5/h9-13,19-21,23,28-29,38H,6-8,14-18,22H2,1-5H3,(H,34,40)(H,35,39)(H2,33,42,43). The van der Waals surface area contributed by atoms with Gasteiger partial charge in [-0.1, -0.05) is 65.0 Å². The molecule has 244 valence electrons. The van der Waals surface area contributed by atoms with Crippen LogP contribution in [0.5, 0.6) is 0 Å². The van der Waals surface area contributed by atoms with Crippen molar-refractivity contribution < 1.29 is 27.9 Å². The molecule has 2 aromatic carbocycles. The van der Waals surface area contributed by atoms with E-state index in [0.29, 0.717) is 45.3 Å². The molecular weight excluding hydrogens is 582 g/mol. The van der Waals surface area contributed by atoms with Crippen molar-refractivity contribution in [3.8, 4) is 0 Å². The van der Waals surface area contributed by atoms with Gasteiger partial charge >= 0.3 is 0 Å². The number of nitrogens with one attached hydrogen (secondary N) is 2. The number of rotatable bonds is 18. The first kappa shape index (κ1) is 36.9. The number of primary sulfonamides is 1. The van der Waals surface area contributed by atoms with E-state index in [9.17, 15) is 27.9 Å². The number of carbonyl (C=O) groups excluding carboxylic acids is 3. The number of nitrogens with zero attached hydrogens (tertiary/aromatic N) is 2. The third kappa shape index (κ3) is 12.0. The zero-order valence-electron chi connectivity index (χ0n) is 26.6. The number of hydrogen-bond acceptors (Lipinski definition) is 7. The quantitative estimate of drug-likeness (QED) is 0.184. The van der Waals surface area contributed by atoms with Gasteiger partial charge in [0, 0.05) is 43.7 Å². The Morgan fingerprint density at radius 2 is 1.50 bits per heavy atom. The Morgan fingerprint density at radius 3 is 2.05 bits per heavy atom. The maximum Gasteiger partial charge on any atom is 0.253 e. The number of amides is 3. The average molecular weight is 632 g/mol. The van der Waals surface area contributed by atoms with E-state index in [1.807, 2.05) is 65.0 Å². The van der Waals surface area contributed by atoms with E-state index >= 15 is 0 Å². The summed E-state index contributed by atoms with van der Waals surface area (Å²) in [6.07, 6.45) is 1.61. The van der Waals surface area contributed by atoms with Gasteiger partial charge in [0.15, 0.2) is 0 Å². The molecule has 0 aliphatic heterocycles. The first-order chi connectivity index (χ1) is 20.8. The van der Waals surface area contributed by atoms with Gasteiger partial charge in [-0.25, -0.2) is 18.6 Å². The average Bonchev–Trinajstić information content (AvgIpc) is 2.95. The van der Waals surface area contributed by atoms with Crippen molar-refractivity contribution in [1.29, 1.82) is 0 Å². The molecule has 2 atom stereocenters. The number of sulfonamides is 1. The van der Waals surface area contributed by atoms with Gasteiger partial charge < -0.3 is 15.3 Å². The second-order valence-electron chi connectivity index (χ2n) is 11.5. The molecule has 0 spiro atoms. The Kier molecular flexibility index (Phi) is 15.0. The third-order valence-corrected chi connectivity index (χ3v) is 7.77. The number of hydrazine groups is 1. The molecule has 0 saturated heterocycles. The Hall–Kier alpha value is -3.32. The highest BCUT2D eigenvalue weighted by Crippen LogP contribution is 2.18. The Morgan fingerprint density at radius 1 is 0.909 bits per heavy atom. The normalized spacial score (nSPS) is 13.0. The summed E-state index contributed by atoms with van der Waals surface area (Å²) < 4.78 is 24.7. The van der Waals surface area contributed by atoms with Crippen LogP contribution in [0.2, 0.25) is 0 Å². The molecule has 44 heavy (non-hydrogen) atoms. The fourth-order valence-corrected chi connectivity index (χ4v) is 5.45. The smallest absolute Gasteiger partial charge is 0.253 e. The molecule has 0 bridgehead atoms. The van der Waals surface area contributed by atoms with Gasteiger partial charge in [0.05, 0.1) is 17.0 Å². The van der Waals surface area contributed by atoms with Crippen molar-refractivity contribution in [2.45, 2.75) is 83.8 Å². The monoisotopic (exact) mass is 631 g/mol. The molecule has 12 heteroatoms. The molecule has 5 N–H and O–H groups in total. The second kappa shape index (κ2) is 17.8. The molecule has 0 aliphatic carbocycles. The number of aliphatic hydroxyl groups is 1. The van der Waals surface area contributed by atoms with E-state index in [1.54, 1.807) is 9.91 Å². The van der Waals surface area contributed by atoms with E-state index in [1.165, 1.54) is 12.1 Å². The molecule has 2 rings (SSSR count). The van der Waals surface area contributed by atoms with Crippen LogP contribution in [-0.4, -0.2) is 79.5 Å². The molecule has 2 aromatic rings. The van der Waals surface area contributed by atoms with Crippen LogP contribution in [-0.2, 0) is 21.2 Å². The third-order valence-electron chi connectivity index (χ3n) is 6.88. The van der Waals surface area contributed by atoms with Gasteiger partial charge in [0.1, 0.15) is 0 Å². The SMILES string of the molecule is CCCN(CC(O)C(Cc1ccccc1)NC(=O)c1cc(C(=O)N(CCC)CCC)cc(S(N)(=O)=O)c1)NC(=O)CC(C)C. The first-order valence-electron chi connectivity index (χ1n) is 15.3. The minimum Gasteiger partial charge on any atom is -0.390 e. The number of benzene rings is 2. The lowest BCUT2D eigenvalue weighted by molar-refractivity contribution is -0.127. The first-order valence-corrected chi connectivity index (χ1v) is 16.9. The van der Waals surface area contributed by atoms with Crippen LogP contribution >= 0.6 is 0 Å². The van der Waals surface area contributed by atoms with Gasteiger partial charge in [0.2, 0.25) is 15.9 Å². The molecule has 11 nitrogen and oxygen atoms in total. The van der Waals surface area contributed by atoms with Crippen molar-refractivity contribution in [2.24, 2.45) is 11.1 Å². The van der Waals surface area contributed by atoms with E-state index in [4.69, 9.17) is 5.14 Å². The molecule has 0 saturated carbocycles. The predicted octanol–water partition coefficient (Wildman–Crippen LogP) is 3.09. The summed E-state index contributed by atoms with van der Waals surface area (Å²) in [7, 11) is -4.25. The topological polar surface area (TPSA) is 162 Å². The highest BCUT2D eigenvalue weighted by atomic mass is 32.2. The minimum absolute atomic E-state index is 0.0331. The molecule has 0 heterocycles. The van der Waals surface area contributed by atoms with Crippen molar-refractivity contribution in [3.63, 3.8) is 0 Å². The molecule has 0 aromatic heterocycles. The van der Waals surface area contributed by atoms with Gasteiger partial charge in [0.25, 0.3) is 11.8 Å². The van der Waals surface area contributed by atoms with Crippen LogP contribution in [0, 0.1) is 5.92 Å². The molecule has 0 aliphatic rings. The van der Waals surface area contributed by atoms with Crippen molar-refractivity contribution in [2.75, 3.05) is 26.2 Å². The summed E-state index contributed by atoms with van der Waals surface area (Å²) in [6.45, 7) is 11.2. The molecular formula is C32H49N5O6S. The van der Waals surface area contributed by atoms with Crippen LogP contribution in [0.4, 0.5) is 0 Å². The highest BCUT2D eigenvalue weighted by molar-refractivity contribution is 7.89. The van der Waals surface area contributed by atoms with E-state index in [0.717, 1.165) is 11.6 Å². The van der Waals surface area contributed by atoms with Gasteiger partial charge in [-0.05, 0) is 55.4 Å². The van der Waals surface area contributed by atoms with Gasteiger partial charge in [-0.3, -0.25) is 19.8 Å². The molecule has 0 fully saturated rings. The number of nitrogens with two attached hydrogens (primary N) is 1. The van der Waals surface area contributed by atoms with E-state index < -0.39 is 34.0 Å². The van der Waals surface area contributed by atoms with Gasteiger partial charge in [-0.15, -0.1) is 0 Å². The highest BCUT2D eigenvalue weighted by Gasteiger charge is 2.27. The zero-order chi connectivity index (χ0) is 32.9. The van der Waals surface area contributed by atoms with Crippen molar-refractivity contribution in [3.05, 3.63) is 65.2 Å². The molecule has 2 unspecified atom stereocenters. The van der Waals surface area contributed by atoms with E-state index in [2.05, 4.69) is 10.7 Å². The predicted molar refractivity (Wildman–Crippen MR) is 171 cm³/mol. The number of hydrogen-bond donors (Lipinski definition) is 4. The lowest BCUT2D eigenvalue weighted by Gasteiger charge is -2.30. The van der Waals surface area contributed by atoms with Crippen molar-refractivity contribution >= 4 is 27.7 Å². The summed E-state index contributed by atoms with van der Waals surface area (Å²) in [6, 6.07) is 12.1. The number of carbonyl (C=O) groups is 3. The van der Waals surface area contributed by atoms with E-state index in [-0.39, 0.29) is 40.8 Å². The van der Waals surface area contributed by atoms with Crippen molar-refractivity contribution in [1.82, 2.24) is 20.7 Å². The Bertz CT molecular complexity index is 1330. The maximum atomic E-state index is 13.7. The summed E-state index contributed by atoms with van der Waals surface area (Å²) in [5.74, 6) is -1.08. The second-order valence-corrected chi connectivity index (χ2v) is 13.1. The van der Waals surface area contributed by atoms with Crippen LogP contribution in [0.3, 0.4) is 0 Å². The maximum absolute atomic E-state index is 13.7. The summed E-state index contributed by atoms with van der Waals surface area (Å²) in [5, 5.41) is 21.3. The Balaban J connectivity index is 2.44. The zero-order valence-corrected chi connectivity index (χ0v) is 27.4. The van der Waals surface area contributed by atoms with Crippen LogP contribution in [0.1, 0.15) is 86.6 Å². The number of aliphatic hydroxyl groups excluding tert-OH is 1. The van der Waals surface area contributed by atoms with Gasteiger partial charge in [-0.2, -0.15) is 0 Å². The summed E-state index contributed by atoms with van der Waals surface area (Å²) in [4.78, 5) is 40.8. The lowest BCUT2D eigenvalue weighted by atomic mass is 10.00. The summed E-state index contributed by atoms with van der Waals surface area (Å²) >= 11 is 0. The minimum atomic E-state index is -4.25. The van der Waals surface area contributed by atoms with Crippen LogP contribution in [0.15, 0.2) is 53.4 Å². The Labute approximate surface area is 262 Å². The van der Waals surface area contributed by atoms with Crippen LogP contribution < -0.4 is 15.9 Å². The molecule has 0 radical (unpaired) electrons. The fraction of sp³-hybridized carbons (Fsp3) is 0.531. The summed E-state index contributed by atoms with van der Waals surface area (Å²) in [5.41, 5.74) is 3.67. The largest absolute Gasteiger partial charge is 0.390 e. The lowest BCUT2D eigenvalue weighted by Crippen LogP contribution is -2.53. The van der Waals surface area contributed by atoms with Crippen LogP contribution in [0.25, 0.3) is 0 Å². The molecule has 3 amide bonds.